The maximum atomic E-state index is 15.0. The van der Waals surface area contributed by atoms with Crippen LogP contribution in [0.25, 0.3) is 16.7 Å². The fourth-order valence-electron chi connectivity index (χ4n) is 5.54. The maximum Gasteiger partial charge on any atom is 0.159 e. The topological polar surface area (TPSA) is 90.9 Å². The number of halogens is 1. The summed E-state index contributed by atoms with van der Waals surface area (Å²) in [5.41, 5.74) is -0.246. The molecule has 2 aromatic heterocycles. The fraction of sp³-hybridized carbons (Fsp3) is 0.500. The first-order valence-electron chi connectivity index (χ1n) is 11.2. The second kappa shape index (κ2) is 6.26. The average molecular weight is 433 g/mol. The van der Waals surface area contributed by atoms with E-state index in [1.165, 1.54) is 12.4 Å². The minimum absolute atomic E-state index is 0.0179. The Hall–Kier alpha value is -3.05. The van der Waals surface area contributed by atoms with Gasteiger partial charge in [-0.15, -0.1) is 0 Å². The number of fused-ring (bicyclic) bond motifs is 1. The number of anilines is 1. The minimum atomic E-state index is -0.734. The fourth-order valence-corrected chi connectivity index (χ4v) is 5.54. The predicted molar refractivity (Wildman–Crippen MR) is 117 cm³/mol. The first-order chi connectivity index (χ1) is 15.3. The Morgan fingerprint density at radius 2 is 2.00 bits per heavy atom. The molecule has 0 amide bonds. The Kier molecular flexibility index (Phi) is 3.84. The zero-order chi connectivity index (χ0) is 22.3. The summed E-state index contributed by atoms with van der Waals surface area (Å²) in [6.07, 6.45) is 6.76. The monoisotopic (exact) mass is 432 g/mol. The highest BCUT2D eigenvalue weighted by Gasteiger charge is 2.76. The number of aromatic nitrogens is 4. The van der Waals surface area contributed by atoms with Crippen LogP contribution < -0.4 is 4.90 Å². The molecule has 6 rings (SSSR count). The molecule has 2 aliphatic carbocycles. The Labute approximate surface area is 185 Å². The summed E-state index contributed by atoms with van der Waals surface area (Å²) in [6, 6.07) is 7.57. The minimum Gasteiger partial charge on any atom is -0.390 e. The summed E-state index contributed by atoms with van der Waals surface area (Å²) < 4.78 is 16.7. The highest BCUT2D eigenvalue weighted by Crippen LogP contribution is 2.78. The van der Waals surface area contributed by atoms with Crippen LogP contribution in [0.4, 0.5) is 10.2 Å². The highest BCUT2D eigenvalue weighted by molar-refractivity contribution is 5.82. The molecule has 2 saturated carbocycles. The largest absolute Gasteiger partial charge is 0.390 e. The Morgan fingerprint density at radius 1 is 1.22 bits per heavy atom. The van der Waals surface area contributed by atoms with Gasteiger partial charge in [0, 0.05) is 36.0 Å². The molecular formula is C24H25FN6O. The molecule has 164 valence electrons. The number of benzene rings is 1. The van der Waals surface area contributed by atoms with E-state index in [0.717, 1.165) is 50.1 Å². The lowest BCUT2D eigenvalue weighted by atomic mass is 9.90. The number of nitriles is 1. The summed E-state index contributed by atoms with van der Waals surface area (Å²) in [4.78, 5) is 11.0. The van der Waals surface area contributed by atoms with Gasteiger partial charge in [0.15, 0.2) is 5.82 Å². The van der Waals surface area contributed by atoms with Gasteiger partial charge < -0.3 is 10.0 Å². The van der Waals surface area contributed by atoms with Crippen LogP contribution in [-0.2, 0) is 5.41 Å². The number of nitrogens with zero attached hydrogens (tertiary/aromatic N) is 6. The van der Waals surface area contributed by atoms with Crippen molar-refractivity contribution in [1.82, 2.24) is 19.7 Å². The van der Waals surface area contributed by atoms with Crippen molar-refractivity contribution < 1.29 is 9.50 Å². The van der Waals surface area contributed by atoms with Crippen molar-refractivity contribution in [2.45, 2.75) is 50.5 Å². The molecule has 0 unspecified atom stereocenters. The number of aliphatic hydroxyl groups is 1. The van der Waals surface area contributed by atoms with E-state index in [9.17, 15) is 14.8 Å². The zero-order valence-corrected chi connectivity index (χ0v) is 18.2. The summed E-state index contributed by atoms with van der Waals surface area (Å²) in [7, 11) is 0. The predicted octanol–water partition coefficient (Wildman–Crippen LogP) is 3.50. The van der Waals surface area contributed by atoms with Gasteiger partial charge in [-0.1, -0.05) is 0 Å². The maximum absolute atomic E-state index is 15.0. The number of hydrogen-bond donors (Lipinski definition) is 1. The van der Waals surface area contributed by atoms with Gasteiger partial charge in [-0.25, -0.2) is 19.0 Å². The number of hydrogen-bond acceptors (Lipinski definition) is 6. The highest BCUT2D eigenvalue weighted by atomic mass is 19.1. The van der Waals surface area contributed by atoms with Crippen LogP contribution in [0.3, 0.4) is 0 Å². The van der Waals surface area contributed by atoms with Gasteiger partial charge in [0.25, 0.3) is 0 Å². The van der Waals surface area contributed by atoms with Crippen molar-refractivity contribution in [3.8, 4) is 11.9 Å². The van der Waals surface area contributed by atoms with Gasteiger partial charge in [0.2, 0.25) is 0 Å². The lowest BCUT2D eigenvalue weighted by Gasteiger charge is -2.25. The molecule has 8 heteroatoms. The van der Waals surface area contributed by atoms with Gasteiger partial charge >= 0.3 is 0 Å². The molecule has 3 fully saturated rings. The first kappa shape index (κ1) is 19.6. The quantitative estimate of drug-likeness (QED) is 0.679. The van der Waals surface area contributed by atoms with Gasteiger partial charge in [-0.3, -0.25) is 0 Å². The summed E-state index contributed by atoms with van der Waals surface area (Å²) in [5.74, 6) is 1.21. The van der Waals surface area contributed by atoms with E-state index in [1.807, 2.05) is 19.9 Å². The molecule has 3 heterocycles. The molecule has 0 radical (unpaired) electrons. The standard InChI is InChI=1S/C24H25FN6O/c1-22(2,32)16-3-6-30(11-16)20-9-21(28-14-27-20)31-19-8-17(18(25)7-15(19)10-29-31)24(13-26)12-23(24)4-5-23/h7-10,14,16,32H,3-6,11-12H2,1-2H3/t16-,24-/m1/s1. The van der Waals surface area contributed by atoms with Crippen LogP contribution in [0.1, 0.15) is 45.1 Å². The van der Waals surface area contributed by atoms with Crippen molar-refractivity contribution in [2.24, 2.45) is 11.3 Å². The average Bonchev–Trinajstić information content (AvgIpc) is 3.51. The summed E-state index contributed by atoms with van der Waals surface area (Å²) in [5, 5.41) is 25.4. The Balaban J connectivity index is 1.38. The molecule has 3 aliphatic rings. The van der Waals surface area contributed by atoms with Crippen LogP contribution in [0, 0.1) is 28.5 Å². The van der Waals surface area contributed by atoms with E-state index < -0.39 is 11.0 Å². The molecule has 1 spiro atoms. The van der Waals surface area contributed by atoms with E-state index >= 15 is 0 Å². The van der Waals surface area contributed by atoms with E-state index in [2.05, 4.69) is 26.0 Å². The van der Waals surface area contributed by atoms with E-state index in [4.69, 9.17) is 0 Å². The van der Waals surface area contributed by atoms with Crippen LogP contribution >= 0.6 is 0 Å². The van der Waals surface area contributed by atoms with Crippen LogP contribution in [0.2, 0.25) is 0 Å². The summed E-state index contributed by atoms with van der Waals surface area (Å²) >= 11 is 0. The molecule has 1 aliphatic heterocycles. The molecule has 0 bridgehead atoms. The van der Waals surface area contributed by atoms with Crippen LogP contribution in [0.15, 0.2) is 30.7 Å². The third-order valence-corrected chi connectivity index (χ3v) is 7.91. The molecule has 1 saturated heterocycles. The van der Waals surface area contributed by atoms with Crippen molar-refractivity contribution in [1.29, 1.82) is 5.26 Å². The van der Waals surface area contributed by atoms with E-state index in [-0.39, 0.29) is 17.2 Å². The normalized spacial score (nSPS) is 26.0. The summed E-state index contributed by atoms with van der Waals surface area (Å²) in [6.45, 7) is 5.23. The molecule has 7 nitrogen and oxygen atoms in total. The van der Waals surface area contributed by atoms with Gasteiger partial charge in [0.05, 0.1) is 28.8 Å². The lowest BCUT2D eigenvalue weighted by molar-refractivity contribution is 0.0263. The van der Waals surface area contributed by atoms with Crippen molar-refractivity contribution in [3.63, 3.8) is 0 Å². The zero-order valence-electron chi connectivity index (χ0n) is 18.2. The van der Waals surface area contributed by atoms with Crippen LogP contribution in [0.5, 0.6) is 0 Å². The molecule has 3 aromatic rings. The van der Waals surface area contributed by atoms with Gasteiger partial charge in [-0.2, -0.15) is 10.4 Å². The van der Waals surface area contributed by atoms with Gasteiger partial charge in [0.1, 0.15) is 18.0 Å². The van der Waals surface area contributed by atoms with Crippen molar-refractivity contribution >= 4 is 16.7 Å². The second-order valence-electron chi connectivity index (χ2n) is 10.2. The van der Waals surface area contributed by atoms with E-state index in [1.54, 1.807) is 16.9 Å². The van der Waals surface area contributed by atoms with Crippen molar-refractivity contribution in [3.05, 3.63) is 42.1 Å². The van der Waals surface area contributed by atoms with Gasteiger partial charge in [-0.05, 0) is 57.1 Å². The molecule has 1 aromatic carbocycles. The third-order valence-electron chi connectivity index (χ3n) is 7.91. The Bertz CT molecular complexity index is 1280. The second-order valence-corrected chi connectivity index (χ2v) is 10.2. The van der Waals surface area contributed by atoms with Crippen molar-refractivity contribution in [2.75, 3.05) is 18.0 Å². The SMILES string of the molecule is CC(C)(O)[C@@H]1CCN(c2cc(-n3ncc4cc(F)c([C@]5(C#N)CC56CC6)cc43)ncn2)C1. The lowest BCUT2D eigenvalue weighted by Crippen LogP contribution is -2.33. The Morgan fingerprint density at radius 3 is 2.66 bits per heavy atom. The number of rotatable bonds is 4. The molecule has 1 N–H and O–H groups in total. The third kappa shape index (κ3) is 2.70. The first-order valence-corrected chi connectivity index (χ1v) is 11.2. The molecular weight excluding hydrogens is 407 g/mol. The van der Waals surface area contributed by atoms with E-state index in [0.29, 0.717) is 16.8 Å². The smallest absolute Gasteiger partial charge is 0.159 e. The molecule has 32 heavy (non-hydrogen) atoms. The molecule has 2 atom stereocenters. The van der Waals surface area contributed by atoms with Crippen LogP contribution in [-0.4, -0.2) is 43.5 Å².